The molecule has 6 heteroatoms. The fraction of sp³-hybridized carbons (Fsp3) is 0.913. The minimum Gasteiger partial charge on any atom is -0.466 e. The van der Waals surface area contributed by atoms with Crippen molar-refractivity contribution in [3.05, 3.63) is 0 Å². The van der Waals surface area contributed by atoms with Gasteiger partial charge >= 0.3 is 5.97 Å². The summed E-state index contributed by atoms with van der Waals surface area (Å²) in [6, 6.07) is -0.150. The molecule has 6 nitrogen and oxygen atoms in total. The van der Waals surface area contributed by atoms with Crippen LogP contribution in [0.25, 0.3) is 0 Å². The third-order valence-electron chi connectivity index (χ3n) is 5.87. The third kappa shape index (κ3) is 10.4. The number of carbonyl (C=O) groups excluding carboxylic acids is 2. The van der Waals surface area contributed by atoms with Gasteiger partial charge in [0, 0.05) is 13.0 Å². The summed E-state index contributed by atoms with van der Waals surface area (Å²) in [4.78, 5) is 25.9. The van der Waals surface area contributed by atoms with E-state index < -0.39 is 11.7 Å². The molecule has 1 aliphatic heterocycles. The first kappa shape index (κ1) is 25.9. The molecule has 0 bridgehead atoms. The number of esters is 1. The largest absolute Gasteiger partial charge is 0.466 e. The molecule has 29 heavy (non-hydrogen) atoms. The molecule has 0 aromatic rings. The number of carbonyl (C=O) groups is 2. The number of unbranched alkanes of at least 4 members (excludes halogenated alkanes) is 6. The van der Waals surface area contributed by atoms with Crippen LogP contribution in [0.2, 0.25) is 0 Å². The molecule has 0 radical (unpaired) electrons. The van der Waals surface area contributed by atoms with Gasteiger partial charge in [0.25, 0.3) is 0 Å². The average Bonchev–Trinajstić information content (AvgIpc) is 3.02. The van der Waals surface area contributed by atoms with Crippen LogP contribution in [0.5, 0.6) is 0 Å². The molecular weight excluding hydrogens is 370 g/mol. The fourth-order valence-electron chi connectivity index (χ4n) is 4.15. The van der Waals surface area contributed by atoms with Gasteiger partial charge in [-0.3, -0.25) is 9.59 Å². The van der Waals surface area contributed by atoms with E-state index in [-0.39, 0.29) is 24.3 Å². The number of rotatable bonds is 15. The van der Waals surface area contributed by atoms with Gasteiger partial charge in [0.1, 0.15) is 0 Å². The van der Waals surface area contributed by atoms with E-state index in [0.29, 0.717) is 32.4 Å². The van der Waals surface area contributed by atoms with Crippen molar-refractivity contribution in [1.29, 1.82) is 0 Å². The van der Waals surface area contributed by atoms with E-state index in [1.807, 2.05) is 6.92 Å². The zero-order valence-electron chi connectivity index (χ0n) is 18.8. The van der Waals surface area contributed by atoms with Gasteiger partial charge in [-0.15, -0.1) is 0 Å². The van der Waals surface area contributed by atoms with E-state index in [1.165, 1.54) is 0 Å². The normalized spacial score (nSPS) is 21.2. The van der Waals surface area contributed by atoms with Crippen LogP contribution in [-0.4, -0.2) is 57.9 Å². The molecule has 1 saturated heterocycles. The van der Waals surface area contributed by atoms with E-state index in [2.05, 4.69) is 6.92 Å². The molecule has 1 heterocycles. The van der Waals surface area contributed by atoms with Crippen LogP contribution in [0.3, 0.4) is 0 Å². The molecule has 0 saturated carbocycles. The highest BCUT2D eigenvalue weighted by atomic mass is 16.5. The smallest absolute Gasteiger partial charge is 0.305 e. The van der Waals surface area contributed by atoms with Crippen LogP contribution in [-0.2, 0) is 14.3 Å². The Labute approximate surface area is 177 Å². The standard InChI is InChI=1S/C23H43NO5/c1-4-6-7-12-16-23(3,28)18-21(26)24-17-15-20(25)19(24)13-10-8-9-11-14-22(27)29-5-2/h19-20,25,28H,4-18H2,1-3H3. The summed E-state index contributed by atoms with van der Waals surface area (Å²) in [6.45, 7) is 6.71. The lowest BCUT2D eigenvalue weighted by Crippen LogP contribution is -2.43. The summed E-state index contributed by atoms with van der Waals surface area (Å²) in [5.74, 6) is -0.188. The summed E-state index contributed by atoms with van der Waals surface area (Å²) in [6.07, 6.45) is 10.1. The van der Waals surface area contributed by atoms with E-state index in [0.717, 1.165) is 57.8 Å². The monoisotopic (exact) mass is 413 g/mol. The Morgan fingerprint density at radius 3 is 2.45 bits per heavy atom. The maximum Gasteiger partial charge on any atom is 0.305 e. The number of ether oxygens (including phenoxy) is 1. The Morgan fingerprint density at radius 1 is 1.07 bits per heavy atom. The minimum absolute atomic E-state index is 0.0469. The zero-order valence-corrected chi connectivity index (χ0v) is 18.8. The molecule has 0 aliphatic carbocycles. The van der Waals surface area contributed by atoms with Crippen molar-refractivity contribution in [2.75, 3.05) is 13.2 Å². The SMILES string of the molecule is CCCCCCC(C)(O)CC(=O)N1CCC(O)C1CCCCCCC(=O)OCC. The maximum absolute atomic E-state index is 12.8. The number of aliphatic hydroxyl groups excluding tert-OH is 1. The Kier molecular flexibility index (Phi) is 12.5. The lowest BCUT2D eigenvalue weighted by atomic mass is 9.93. The van der Waals surface area contributed by atoms with E-state index in [4.69, 9.17) is 4.74 Å². The van der Waals surface area contributed by atoms with Gasteiger partial charge in [0.2, 0.25) is 5.91 Å². The molecule has 3 unspecified atom stereocenters. The van der Waals surface area contributed by atoms with Crippen LogP contribution in [0, 0.1) is 0 Å². The molecule has 0 aromatic heterocycles. The Bertz CT molecular complexity index is 480. The summed E-state index contributed by atoms with van der Waals surface area (Å²) in [7, 11) is 0. The summed E-state index contributed by atoms with van der Waals surface area (Å²) in [5, 5.41) is 20.9. The van der Waals surface area contributed by atoms with Gasteiger partial charge in [0.15, 0.2) is 0 Å². The predicted octanol–water partition coefficient (Wildman–Crippen LogP) is 3.96. The number of nitrogens with zero attached hydrogens (tertiary/aromatic N) is 1. The highest BCUT2D eigenvalue weighted by molar-refractivity contribution is 5.78. The summed E-state index contributed by atoms with van der Waals surface area (Å²) >= 11 is 0. The fourth-order valence-corrected chi connectivity index (χ4v) is 4.15. The zero-order chi connectivity index (χ0) is 21.7. The second-order valence-electron chi connectivity index (χ2n) is 8.75. The van der Waals surface area contributed by atoms with Crippen molar-refractivity contribution in [2.45, 2.75) is 122 Å². The minimum atomic E-state index is -0.976. The number of amides is 1. The highest BCUT2D eigenvalue weighted by Crippen LogP contribution is 2.27. The quantitative estimate of drug-likeness (QED) is 0.313. The molecule has 1 aliphatic rings. The molecule has 0 spiro atoms. The van der Waals surface area contributed by atoms with Gasteiger partial charge in [-0.25, -0.2) is 0 Å². The van der Waals surface area contributed by atoms with Crippen molar-refractivity contribution in [1.82, 2.24) is 4.90 Å². The summed E-state index contributed by atoms with van der Waals surface area (Å²) < 4.78 is 4.92. The molecular formula is C23H43NO5. The first-order valence-electron chi connectivity index (χ1n) is 11.7. The first-order chi connectivity index (χ1) is 13.8. The molecule has 2 N–H and O–H groups in total. The molecule has 1 rings (SSSR count). The van der Waals surface area contributed by atoms with Crippen molar-refractivity contribution >= 4 is 11.9 Å². The predicted molar refractivity (Wildman–Crippen MR) is 114 cm³/mol. The van der Waals surface area contributed by atoms with Crippen molar-refractivity contribution < 1.29 is 24.5 Å². The molecule has 1 amide bonds. The molecule has 3 atom stereocenters. The van der Waals surface area contributed by atoms with E-state index >= 15 is 0 Å². The van der Waals surface area contributed by atoms with Crippen LogP contribution in [0.15, 0.2) is 0 Å². The second kappa shape index (κ2) is 14.0. The Morgan fingerprint density at radius 2 is 1.76 bits per heavy atom. The average molecular weight is 414 g/mol. The molecule has 0 aromatic carbocycles. The summed E-state index contributed by atoms with van der Waals surface area (Å²) in [5.41, 5.74) is -0.976. The maximum atomic E-state index is 12.8. The second-order valence-corrected chi connectivity index (χ2v) is 8.75. The van der Waals surface area contributed by atoms with E-state index in [1.54, 1.807) is 11.8 Å². The van der Waals surface area contributed by atoms with E-state index in [9.17, 15) is 19.8 Å². The van der Waals surface area contributed by atoms with Crippen molar-refractivity contribution in [3.63, 3.8) is 0 Å². The Hall–Kier alpha value is -1.14. The van der Waals surface area contributed by atoms with Crippen LogP contribution < -0.4 is 0 Å². The highest BCUT2D eigenvalue weighted by Gasteiger charge is 2.37. The van der Waals surface area contributed by atoms with Gasteiger partial charge < -0.3 is 19.8 Å². The topological polar surface area (TPSA) is 87.1 Å². The van der Waals surface area contributed by atoms with Crippen LogP contribution in [0.4, 0.5) is 0 Å². The molecule has 1 fully saturated rings. The number of aliphatic hydroxyl groups is 2. The molecule has 170 valence electrons. The van der Waals surface area contributed by atoms with Gasteiger partial charge in [-0.2, -0.15) is 0 Å². The van der Waals surface area contributed by atoms with Gasteiger partial charge in [-0.1, -0.05) is 51.9 Å². The van der Waals surface area contributed by atoms with Crippen molar-refractivity contribution in [3.8, 4) is 0 Å². The number of hydrogen-bond acceptors (Lipinski definition) is 5. The lowest BCUT2D eigenvalue weighted by Gasteiger charge is -2.30. The van der Waals surface area contributed by atoms with Gasteiger partial charge in [0.05, 0.1) is 30.8 Å². The van der Waals surface area contributed by atoms with Crippen LogP contribution in [0.1, 0.15) is 104 Å². The number of likely N-dealkylation sites (tertiary alicyclic amines) is 1. The third-order valence-corrected chi connectivity index (χ3v) is 5.87. The lowest BCUT2D eigenvalue weighted by molar-refractivity contribution is -0.143. The van der Waals surface area contributed by atoms with Crippen LogP contribution >= 0.6 is 0 Å². The van der Waals surface area contributed by atoms with Crippen molar-refractivity contribution in [2.24, 2.45) is 0 Å². The number of hydrogen-bond donors (Lipinski definition) is 2. The first-order valence-corrected chi connectivity index (χ1v) is 11.7. The van der Waals surface area contributed by atoms with Gasteiger partial charge in [-0.05, 0) is 39.5 Å². The Balaban J connectivity index is 2.35.